The quantitative estimate of drug-likeness (QED) is 0.673. The van der Waals surface area contributed by atoms with Gasteiger partial charge >= 0.3 is 0 Å². The van der Waals surface area contributed by atoms with Gasteiger partial charge in [0.25, 0.3) is 0 Å². The molecule has 4 nitrogen and oxygen atoms in total. The maximum absolute atomic E-state index is 11.8. The second kappa shape index (κ2) is 3.21. The van der Waals surface area contributed by atoms with Crippen molar-refractivity contribution in [3.8, 4) is 0 Å². The summed E-state index contributed by atoms with van der Waals surface area (Å²) >= 11 is 0. The van der Waals surface area contributed by atoms with Gasteiger partial charge in [0.2, 0.25) is 0 Å². The molecular weight excluding hydrogens is 178 g/mol. The predicted octanol–water partition coefficient (Wildman–Crippen LogP) is 1.57. The zero-order valence-corrected chi connectivity index (χ0v) is 8.14. The third kappa shape index (κ3) is 1.28. The largest absolute Gasteiger partial charge is 0.292 e. The van der Waals surface area contributed by atoms with Crippen molar-refractivity contribution >= 4 is 11.4 Å². The smallest absolute Gasteiger partial charge is 0.183 e. The monoisotopic (exact) mass is 189 g/mol. The molecule has 0 saturated heterocycles. The lowest BCUT2D eigenvalue weighted by Crippen LogP contribution is -2.12. The van der Waals surface area contributed by atoms with Crippen LogP contribution in [-0.4, -0.2) is 20.4 Å². The van der Waals surface area contributed by atoms with Gasteiger partial charge in [0.05, 0.1) is 0 Å². The summed E-state index contributed by atoms with van der Waals surface area (Å²) in [7, 11) is 0. The number of ketones is 1. The standard InChI is InChI=1S/C10H11N3O/c1-7(2)10(14)8-4-3-5-9-11-6-12-13(8)9/h3-7H,1-2H3. The minimum Gasteiger partial charge on any atom is -0.292 e. The van der Waals surface area contributed by atoms with Gasteiger partial charge in [0.15, 0.2) is 11.4 Å². The van der Waals surface area contributed by atoms with Crippen LogP contribution in [0.4, 0.5) is 0 Å². The molecule has 0 radical (unpaired) electrons. The van der Waals surface area contributed by atoms with E-state index in [0.29, 0.717) is 11.3 Å². The Kier molecular flexibility index (Phi) is 2.04. The average molecular weight is 189 g/mol. The highest BCUT2D eigenvalue weighted by Gasteiger charge is 2.14. The van der Waals surface area contributed by atoms with Gasteiger partial charge in [-0.1, -0.05) is 19.9 Å². The van der Waals surface area contributed by atoms with Gasteiger partial charge in [-0.25, -0.2) is 9.50 Å². The van der Waals surface area contributed by atoms with Crippen LogP contribution in [0.3, 0.4) is 0 Å². The fourth-order valence-electron chi connectivity index (χ4n) is 1.33. The highest BCUT2D eigenvalue weighted by Crippen LogP contribution is 2.09. The molecular formula is C10H11N3O. The summed E-state index contributed by atoms with van der Waals surface area (Å²) in [5.74, 6) is 0.0610. The molecule has 0 amide bonds. The zero-order valence-electron chi connectivity index (χ0n) is 8.14. The van der Waals surface area contributed by atoms with Crippen LogP contribution in [-0.2, 0) is 0 Å². The molecule has 2 rings (SSSR count). The van der Waals surface area contributed by atoms with Gasteiger partial charge in [0.1, 0.15) is 12.0 Å². The second-order valence-corrected chi connectivity index (χ2v) is 3.46. The number of rotatable bonds is 2. The Bertz CT molecular complexity index is 473. The van der Waals surface area contributed by atoms with Crippen LogP contribution in [0, 0.1) is 5.92 Å². The number of carbonyl (C=O) groups is 1. The number of carbonyl (C=O) groups excluding carboxylic acids is 1. The number of hydrogen-bond acceptors (Lipinski definition) is 3. The van der Waals surface area contributed by atoms with Crippen molar-refractivity contribution in [1.82, 2.24) is 14.6 Å². The highest BCUT2D eigenvalue weighted by atomic mass is 16.1. The Morgan fingerprint density at radius 2 is 2.21 bits per heavy atom. The van der Waals surface area contributed by atoms with E-state index >= 15 is 0 Å². The van der Waals surface area contributed by atoms with E-state index in [0.717, 1.165) is 0 Å². The molecule has 0 unspecified atom stereocenters. The van der Waals surface area contributed by atoms with Crippen molar-refractivity contribution in [2.75, 3.05) is 0 Å². The molecule has 0 aliphatic rings. The molecule has 2 heterocycles. The van der Waals surface area contributed by atoms with Gasteiger partial charge in [0, 0.05) is 5.92 Å². The van der Waals surface area contributed by atoms with Crippen molar-refractivity contribution < 1.29 is 4.79 Å². The Hall–Kier alpha value is -1.71. The van der Waals surface area contributed by atoms with Crippen molar-refractivity contribution in [1.29, 1.82) is 0 Å². The zero-order chi connectivity index (χ0) is 10.1. The lowest BCUT2D eigenvalue weighted by Gasteiger charge is -2.05. The Morgan fingerprint density at radius 3 is 2.93 bits per heavy atom. The normalized spacial score (nSPS) is 11.1. The molecule has 0 fully saturated rings. The summed E-state index contributed by atoms with van der Waals surface area (Å²) in [4.78, 5) is 15.8. The highest BCUT2D eigenvalue weighted by molar-refractivity contribution is 5.96. The molecule has 0 aliphatic carbocycles. The third-order valence-electron chi connectivity index (χ3n) is 2.08. The first-order valence-electron chi connectivity index (χ1n) is 4.53. The lowest BCUT2D eigenvalue weighted by molar-refractivity contribution is 0.0932. The minimum atomic E-state index is -0.0233. The number of fused-ring (bicyclic) bond motifs is 1. The average Bonchev–Trinajstić information content (AvgIpc) is 2.63. The van der Waals surface area contributed by atoms with E-state index in [1.807, 2.05) is 26.0 Å². The molecule has 0 spiro atoms. The van der Waals surface area contributed by atoms with Crippen LogP contribution in [0.2, 0.25) is 0 Å². The number of aromatic nitrogens is 3. The van der Waals surface area contributed by atoms with Crippen molar-refractivity contribution in [3.63, 3.8) is 0 Å². The Morgan fingerprint density at radius 1 is 1.43 bits per heavy atom. The van der Waals surface area contributed by atoms with Crippen LogP contribution in [0.15, 0.2) is 24.5 Å². The summed E-state index contributed by atoms with van der Waals surface area (Å²) in [5.41, 5.74) is 1.30. The van der Waals surface area contributed by atoms with E-state index in [1.165, 1.54) is 6.33 Å². The molecule has 2 aromatic rings. The molecule has 0 N–H and O–H groups in total. The van der Waals surface area contributed by atoms with Gasteiger partial charge in [-0.05, 0) is 12.1 Å². The molecule has 0 bridgehead atoms. The SMILES string of the molecule is CC(C)C(=O)c1cccc2ncnn12. The second-order valence-electron chi connectivity index (χ2n) is 3.46. The summed E-state index contributed by atoms with van der Waals surface area (Å²) in [6, 6.07) is 5.41. The maximum Gasteiger partial charge on any atom is 0.183 e. The fraction of sp³-hybridized carbons (Fsp3) is 0.300. The molecule has 2 aromatic heterocycles. The first-order valence-corrected chi connectivity index (χ1v) is 4.53. The van der Waals surface area contributed by atoms with E-state index in [2.05, 4.69) is 10.1 Å². The molecule has 4 heteroatoms. The van der Waals surface area contributed by atoms with E-state index < -0.39 is 0 Å². The number of pyridine rings is 1. The first kappa shape index (κ1) is 8.87. The van der Waals surface area contributed by atoms with Crippen LogP contribution in [0.5, 0.6) is 0 Å². The van der Waals surface area contributed by atoms with Gasteiger partial charge < -0.3 is 0 Å². The fourth-order valence-corrected chi connectivity index (χ4v) is 1.33. The topological polar surface area (TPSA) is 47.3 Å². The van der Waals surface area contributed by atoms with E-state index in [1.54, 1.807) is 10.6 Å². The predicted molar refractivity (Wildman–Crippen MR) is 52.2 cm³/mol. The number of hydrogen-bond donors (Lipinski definition) is 0. The van der Waals surface area contributed by atoms with Crippen LogP contribution >= 0.6 is 0 Å². The molecule has 0 atom stereocenters. The van der Waals surface area contributed by atoms with Gasteiger partial charge in [-0.2, -0.15) is 5.10 Å². The minimum absolute atomic E-state index is 0.0233. The Balaban J connectivity index is 2.62. The number of nitrogens with zero attached hydrogens (tertiary/aromatic N) is 3. The molecule has 0 aliphatic heterocycles. The van der Waals surface area contributed by atoms with E-state index in [9.17, 15) is 4.79 Å². The van der Waals surface area contributed by atoms with Crippen molar-refractivity contribution in [2.24, 2.45) is 5.92 Å². The van der Waals surface area contributed by atoms with E-state index in [-0.39, 0.29) is 11.7 Å². The molecule has 14 heavy (non-hydrogen) atoms. The summed E-state index contributed by atoms with van der Waals surface area (Å²) in [6.45, 7) is 3.75. The van der Waals surface area contributed by atoms with Crippen LogP contribution in [0.25, 0.3) is 5.65 Å². The van der Waals surface area contributed by atoms with Crippen molar-refractivity contribution in [2.45, 2.75) is 13.8 Å². The molecule has 72 valence electrons. The number of Topliss-reactive ketones (excluding diaryl/α,β-unsaturated/α-hetero) is 1. The first-order chi connectivity index (χ1) is 6.70. The van der Waals surface area contributed by atoms with Crippen LogP contribution < -0.4 is 0 Å². The molecule has 0 saturated carbocycles. The summed E-state index contributed by atoms with van der Waals surface area (Å²) < 4.78 is 1.57. The third-order valence-corrected chi connectivity index (χ3v) is 2.08. The van der Waals surface area contributed by atoms with Gasteiger partial charge in [-0.3, -0.25) is 4.79 Å². The van der Waals surface area contributed by atoms with Crippen LogP contribution in [0.1, 0.15) is 24.3 Å². The maximum atomic E-state index is 11.8. The van der Waals surface area contributed by atoms with Gasteiger partial charge in [-0.15, -0.1) is 0 Å². The molecule has 0 aromatic carbocycles. The summed E-state index contributed by atoms with van der Waals surface area (Å²) in [6.07, 6.45) is 1.45. The summed E-state index contributed by atoms with van der Waals surface area (Å²) in [5, 5.41) is 4.01. The lowest BCUT2D eigenvalue weighted by atomic mass is 10.1. The van der Waals surface area contributed by atoms with E-state index in [4.69, 9.17) is 0 Å². The van der Waals surface area contributed by atoms with Crippen molar-refractivity contribution in [3.05, 3.63) is 30.2 Å². The Labute approximate surface area is 81.6 Å².